The highest BCUT2D eigenvalue weighted by Gasteiger charge is 2.41. The van der Waals surface area contributed by atoms with Gasteiger partial charge in [-0.05, 0) is 6.42 Å². The summed E-state index contributed by atoms with van der Waals surface area (Å²) >= 11 is 0. The van der Waals surface area contributed by atoms with E-state index in [2.05, 4.69) is 4.74 Å². The number of aliphatic hydroxyl groups excluding tert-OH is 3. The molecule has 0 aromatic rings. The summed E-state index contributed by atoms with van der Waals surface area (Å²) in [5.74, 6) is -4.70. The number of ether oxygens (including phenoxy) is 2. The molecular formula is C11H14O9. The number of hydrogen-bond donors (Lipinski definition) is 4. The Morgan fingerprint density at radius 1 is 1.35 bits per heavy atom. The van der Waals surface area contributed by atoms with Crippen LogP contribution in [0.2, 0.25) is 0 Å². The van der Waals surface area contributed by atoms with Gasteiger partial charge in [0.15, 0.2) is 6.10 Å². The fourth-order valence-corrected chi connectivity index (χ4v) is 1.47. The average molecular weight is 290 g/mol. The molecule has 1 rings (SSSR count). The molecule has 2 atom stereocenters. The molecule has 0 radical (unpaired) electrons. The van der Waals surface area contributed by atoms with Crippen LogP contribution in [0, 0.1) is 0 Å². The lowest BCUT2D eigenvalue weighted by molar-refractivity contribution is -0.151. The minimum Gasteiger partial charge on any atom is -0.499 e. The molecule has 0 aliphatic carbocycles. The van der Waals surface area contributed by atoms with Gasteiger partial charge < -0.3 is 29.9 Å². The van der Waals surface area contributed by atoms with Crippen LogP contribution in [0.4, 0.5) is 0 Å². The van der Waals surface area contributed by atoms with Crippen molar-refractivity contribution in [2.45, 2.75) is 31.5 Å². The fourth-order valence-electron chi connectivity index (χ4n) is 1.47. The summed E-state index contributed by atoms with van der Waals surface area (Å²) in [6.07, 6.45) is -3.50. The Morgan fingerprint density at radius 2 is 2.00 bits per heavy atom. The van der Waals surface area contributed by atoms with E-state index in [9.17, 15) is 24.6 Å². The predicted molar refractivity (Wildman–Crippen MR) is 60.2 cm³/mol. The van der Waals surface area contributed by atoms with Crippen molar-refractivity contribution in [1.29, 1.82) is 0 Å². The molecule has 1 aliphatic rings. The number of carboxylic acids is 1. The highest BCUT2D eigenvalue weighted by atomic mass is 16.6. The molecule has 0 unspecified atom stereocenters. The van der Waals surface area contributed by atoms with Gasteiger partial charge in [0.25, 0.3) is 0 Å². The number of carbonyl (C=O) groups is 3. The predicted octanol–water partition coefficient (Wildman–Crippen LogP) is -1.17. The van der Waals surface area contributed by atoms with Crippen LogP contribution in [0.25, 0.3) is 0 Å². The van der Waals surface area contributed by atoms with E-state index >= 15 is 0 Å². The van der Waals surface area contributed by atoms with E-state index < -0.39 is 48.2 Å². The van der Waals surface area contributed by atoms with Crippen LogP contribution in [0.5, 0.6) is 0 Å². The molecule has 20 heavy (non-hydrogen) atoms. The van der Waals surface area contributed by atoms with Crippen molar-refractivity contribution in [2.75, 3.05) is 6.61 Å². The smallest absolute Gasteiger partial charge is 0.378 e. The second-order valence-corrected chi connectivity index (χ2v) is 4.01. The minimum absolute atomic E-state index is 0.0181. The van der Waals surface area contributed by atoms with Crippen LogP contribution >= 0.6 is 0 Å². The molecule has 9 heteroatoms. The SMILES string of the molecule is O=C(O)CCCC(=O)OC1=C(O)C(=O)O[C@@H]1[C@@H](O)CO. The van der Waals surface area contributed by atoms with Crippen LogP contribution in [-0.4, -0.2) is 57.1 Å². The first-order chi connectivity index (χ1) is 9.36. The number of carbonyl (C=O) groups excluding carboxylic acids is 2. The van der Waals surface area contributed by atoms with Crippen molar-refractivity contribution in [3.63, 3.8) is 0 Å². The van der Waals surface area contributed by atoms with Crippen LogP contribution in [-0.2, 0) is 23.9 Å². The van der Waals surface area contributed by atoms with Crippen LogP contribution in [0.3, 0.4) is 0 Å². The van der Waals surface area contributed by atoms with Gasteiger partial charge in [0.05, 0.1) is 6.61 Å². The van der Waals surface area contributed by atoms with Crippen LogP contribution < -0.4 is 0 Å². The maximum Gasteiger partial charge on any atom is 0.378 e. The van der Waals surface area contributed by atoms with Crippen molar-refractivity contribution in [3.8, 4) is 0 Å². The number of aliphatic hydroxyl groups is 3. The lowest BCUT2D eigenvalue weighted by Gasteiger charge is -2.17. The molecule has 0 aromatic heterocycles. The zero-order valence-electron chi connectivity index (χ0n) is 10.3. The van der Waals surface area contributed by atoms with Crippen LogP contribution in [0.1, 0.15) is 19.3 Å². The molecule has 1 aliphatic heterocycles. The summed E-state index contributed by atoms with van der Waals surface area (Å²) in [7, 11) is 0. The molecule has 4 N–H and O–H groups in total. The molecule has 0 saturated carbocycles. The Bertz CT molecular complexity index is 439. The molecule has 0 bridgehead atoms. The number of esters is 2. The lowest BCUT2D eigenvalue weighted by atomic mass is 10.2. The van der Waals surface area contributed by atoms with E-state index in [0.717, 1.165) is 0 Å². The lowest BCUT2D eigenvalue weighted by Crippen LogP contribution is -2.33. The van der Waals surface area contributed by atoms with Gasteiger partial charge in [-0.25, -0.2) is 4.79 Å². The molecule has 0 amide bonds. The van der Waals surface area contributed by atoms with E-state index in [-0.39, 0.29) is 19.3 Å². The third-order valence-electron chi connectivity index (χ3n) is 2.45. The van der Waals surface area contributed by atoms with Crippen molar-refractivity contribution >= 4 is 17.9 Å². The molecule has 112 valence electrons. The van der Waals surface area contributed by atoms with Gasteiger partial charge in [0, 0.05) is 12.8 Å². The Kier molecular flexibility index (Phi) is 5.47. The second kappa shape index (κ2) is 6.87. The number of rotatable bonds is 7. The monoisotopic (exact) mass is 290 g/mol. The van der Waals surface area contributed by atoms with Crippen molar-refractivity contribution in [3.05, 3.63) is 11.5 Å². The Labute approximate surface area is 113 Å². The third kappa shape index (κ3) is 3.93. The summed E-state index contributed by atoms with van der Waals surface area (Å²) in [5.41, 5.74) is 0. The zero-order chi connectivity index (χ0) is 15.3. The molecule has 0 fully saturated rings. The molecule has 9 nitrogen and oxygen atoms in total. The largest absolute Gasteiger partial charge is 0.499 e. The molecular weight excluding hydrogens is 276 g/mol. The Balaban J connectivity index is 2.64. The van der Waals surface area contributed by atoms with Gasteiger partial charge in [-0.1, -0.05) is 0 Å². The van der Waals surface area contributed by atoms with Crippen molar-refractivity contribution in [1.82, 2.24) is 0 Å². The summed E-state index contributed by atoms with van der Waals surface area (Å²) in [6, 6.07) is 0. The van der Waals surface area contributed by atoms with Crippen molar-refractivity contribution in [2.24, 2.45) is 0 Å². The van der Waals surface area contributed by atoms with Gasteiger partial charge in [0.1, 0.15) is 6.10 Å². The van der Waals surface area contributed by atoms with Gasteiger partial charge in [-0.2, -0.15) is 0 Å². The molecule has 0 saturated heterocycles. The van der Waals surface area contributed by atoms with E-state index in [4.69, 9.17) is 14.9 Å². The number of aliphatic carboxylic acids is 1. The quantitative estimate of drug-likeness (QED) is 0.425. The Morgan fingerprint density at radius 3 is 2.55 bits per heavy atom. The standard InChI is InChI=1S/C11H14O9/c12-4-5(13)9-10(8(17)11(18)20-9)19-7(16)3-1-2-6(14)15/h5,9,12-13,17H,1-4H2,(H,14,15)/t5-,9+/m0/s1. The maximum absolute atomic E-state index is 11.4. The normalized spacial score (nSPS) is 19.7. The first kappa shape index (κ1) is 15.9. The molecule has 0 spiro atoms. The summed E-state index contributed by atoms with van der Waals surface area (Å²) in [5, 5.41) is 35.9. The molecule has 0 aromatic carbocycles. The fraction of sp³-hybridized carbons (Fsp3) is 0.545. The van der Waals surface area contributed by atoms with Gasteiger partial charge in [-0.15, -0.1) is 0 Å². The summed E-state index contributed by atoms with van der Waals surface area (Å²) < 4.78 is 9.23. The number of cyclic esters (lactones) is 1. The topological polar surface area (TPSA) is 151 Å². The summed E-state index contributed by atoms with van der Waals surface area (Å²) in [4.78, 5) is 32.8. The number of carboxylic acid groups (broad SMARTS) is 1. The van der Waals surface area contributed by atoms with E-state index in [0.29, 0.717) is 0 Å². The number of hydrogen-bond acceptors (Lipinski definition) is 8. The van der Waals surface area contributed by atoms with E-state index in [1.54, 1.807) is 0 Å². The van der Waals surface area contributed by atoms with E-state index in [1.165, 1.54) is 0 Å². The minimum atomic E-state index is -1.55. The average Bonchev–Trinajstić information content (AvgIpc) is 2.65. The van der Waals surface area contributed by atoms with Gasteiger partial charge in [0.2, 0.25) is 11.5 Å². The first-order valence-corrected chi connectivity index (χ1v) is 5.72. The third-order valence-corrected chi connectivity index (χ3v) is 2.45. The highest BCUT2D eigenvalue weighted by Crippen LogP contribution is 2.25. The second-order valence-electron chi connectivity index (χ2n) is 4.01. The summed E-state index contributed by atoms with van der Waals surface area (Å²) in [6.45, 7) is -0.773. The zero-order valence-corrected chi connectivity index (χ0v) is 10.3. The van der Waals surface area contributed by atoms with Gasteiger partial charge >= 0.3 is 17.9 Å². The van der Waals surface area contributed by atoms with Crippen molar-refractivity contribution < 1.29 is 44.3 Å². The van der Waals surface area contributed by atoms with E-state index in [1.807, 2.05) is 0 Å². The molecule has 1 heterocycles. The van der Waals surface area contributed by atoms with Gasteiger partial charge in [-0.3, -0.25) is 9.59 Å². The maximum atomic E-state index is 11.4. The Hall–Kier alpha value is -2.13. The van der Waals surface area contributed by atoms with Crippen LogP contribution in [0.15, 0.2) is 11.5 Å². The first-order valence-electron chi connectivity index (χ1n) is 5.72. The highest BCUT2D eigenvalue weighted by molar-refractivity contribution is 5.90.